The van der Waals surface area contributed by atoms with Crippen LogP contribution < -0.4 is 0 Å². The van der Waals surface area contributed by atoms with Gasteiger partial charge in [0.05, 0.1) is 10.9 Å². The normalized spacial score (nSPS) is 12.4. The Hall–Kier alpha value is -2.94. The van der Waals surface area contributed by atoms with Gasteiger partial charge in [0.25, 0.3) is 11.1 Å². The molecule has 1 N–H and O–H groups in total. The quantitative estimate of drug-likeness (QED) is 0.558. The third kappa shape index (κ3) is 2.81. The van der Waals surface area contributed by atoms with Crippen LogP contribution in [0.1, 0.15) is 18.0 Å². The maximum absolute atomic E-state index is 5.67. The number of hydrogen-bond acceptors (Lipinski definition) is 7. The predicted octanol–water partition coefficient (Wildman–Crippen LogP) is 2.89. The predicted molar refractivity (Wildman–Crippen MR) is 87.5 cm³/mol. The lowest BCUT2D eigenvalue weighted by molar-refractivity contribution is 0.463. The lowest BCUT2D eigenvalue weighted by atomic mass is 10.3. The van der Waals surface area contributed by atoms with Crippen LogP contribution in [0.3, 0.4) is 0 Å². The fraction of sp³-hybridized carbons (Fsp3) is 0.133. The van der Waals surface area contributed by atoms with Crippen LogP contribution in [-0.4, -0.2) is 35.4 Å². The molecule has 0 aliphatic heterocycles. The van der Waals surface area contributed by atoms with Crippen molar-refractivity contribution in [2.24, 2.45) is 0 Å². The molecule has 1 atom stereocenters. The van der Waals surface area contributed by atoms with Crippen molar-refractivity contribution in [2.45, 2.75) is 17.4 Å². The highest BCUT2D eigenvalue weighted by molar-refractivity contribution is 7.99. The Morgan fingerprint density at radius 1 is 1.08 bits per heavy atom. The first-order chi connectivity index (χ1) is 11.8. The molecule has 0 bridgehead atoms. The summed E-state index contributed by atoms with van der Waals surface area (Å²) in [7, 11) is 0. The van der Waals surface area contributed by atoms with Crippen LogP contribution in [0.15, 0.2) is 58.3 Å². The number of aromatic amines is 1. The Morgan fingerprint density at radius 3 is 2.75 bits per heavy atom. The maximum Gasteiger partial charge on any atom is 0.277 e. The zero-order chi connectivity index (χ0) is 16.4. The van der Waals surface area contributed by atoms with E-state index in [0.717, 1.165) is 11.4 Å². The molecular formula is C15H13N7OS. The summed E-state index contributed by atoms with van der Waals surface area (Å²) in [6, 6.07) is 13.5. The minimum atomic E-state index is -0.0582. The molecule has 0 unspecified atom stereocenters. The molecule has 0 spiro atoms. The van der Waals surface area contributed by atoms with Crippen LogP contribution in [0.4, 0.5) is 0 Å². The number of H-pyrrole nitrogens is 1. The molecule has 0 radical (unpaired) electrons. The first-order valence-corrected chi connectivity index (χ1v) is 8.17. The molecule has 3 heterocycles. The van der Waals surface area contributed by atoms with Gasteiger partial charge in [-0.25, -0.2) is 0 Å². The number of aromatic nitrogens is 7. The van der Waals surface area contributed by atoms with Gasteiger partial charge in [-0.3, -0.25) is 0 Å². The highest BCUT2D eigenvalue weighted by atomic mass is 32.2. The van der Waals surface area contributed by atoms with E-state index in [0.29, 0.717) is 16.9 Å². The van der Waals surface area contributed by atoms with E-state index >= 15 is 0 Å². The van der Waals surface area contributed by atoms with Crippen molar-refractivity contribution in [3.8, 4) is 17.3 Å². The number of para-hydroxylation sites is 1. The molecule has 120 valence electrons. The van der Waals surface area contributed by atoms with Gasteiger partial charge in [-0.1, -0.05) is 30.0 Å². The smallest absolute Gasteiger partial charge is 0.277 e. The number of nitrogens with zero attached hydrogens (tertiary/aromatic N) is 6. The van der Waals surface area contributed by atoms with E-state index in [4.69, 9.17) is 4.42 Å². The summed E-state index contributed by atoms with van der Waals surface area (Å²) in [5.41, 5.74) is 1.69. The van der Waals surface area contributed by atoms with Crippen molar-refractivity contribution in [3.63, 3.8) is 0 Å². The van der Waals surface area contributed by atoms with Crippen molar-refractivity contribution in [3.05, 3.63) is 54.5 Å². The molecule has 4 rings (SSSR count). The van der Waals surface area contributed by atoms with E-state index in [1.807, 2.05) is 55.6 Å². The highest BCUT2D eigenvalue weighted by Gasteiger charge is 2.20. The minimum Gasteiger partial charge on any atom is -0.410 e. The Morgan fingerprint density at radius 2 is 1.96 bits per heavy atom. The highest BCUT2D eigenvalue weighted by Crippen LogP contribution is 2.34. The SMILES string of the molecule is C[C@H](Sc1nnc(-c2ccc[nH]2)o1)c1nnnn1-c1ccccc1. The van der Waals surface area contributed by atoms with E-state index in [1.54, 1.807) is 4.68 Å². The lowest BCUT2D eigenvalue weighted by Gasteiger charge is -2.08. The van der Waals surface area contributed by atoms with Crippen LogP contribution in [0.25, 0.3) is 17.3 Å². The van der Waals surface area contributed by atoms with Crippen molar-refractivity contribution >= 4 is 11.8 Å². The van der Waals surface area contributed by atoms with Gasteiger partial charge in [-0.15, -0.1) is 15.3 Å². The third-order valence-corrected chi connectivity index (χ3v) is 4.30. The molecule has 0 saturated heterocycles. The van der Waals surface area contributed by atoms with Gasteiger partial charge in [0.1, 0.15) is 5.69 Å². The first kappa shape index (κ1) is 14.6. The van der Waals surface area contributed by atoms with Crippen molar-refractivity contribution in [1.82, 2.24) is 35.4 Å². The molecule has 24 heavy (non-hydrogen) atoms. The molecule has 1 aromatic carbocycles. The summed E-state index contributed by atoms with van der Waals surface area (Å²) in [4.78, 5) is 3.04. The van der Waals surface area contributed by atoms with E-state index < -0.39 is 0 Å². The van der Waals surface area contributed by atoms with E-state index in [-0.39, 0.29) is 5.25 Å². The van der Waals surface area contributed by atoms with Crippen LogP contribution in [0.5, 0.6) is 0 Å². The third-order valence-electron chi connectivity index (χ3n) is 3.37. The average Bonchev–Trinajstić information content (AvgIpc) is 3.36. The molecule has 0 saturated carbocycles. The van der Waals surface area contributed by atoms with Gasteiger partial charge in [-0.05, 0) is 41.6 Å². The molecule has 3 aromatic heterocycles. The van der Waals surface area contributed by atoms with Crippen LogP contribution >= 0.6 is 11.8 Å². The Balaban J connectivity index is 1.55. The van der Waals surface area contributed by atoms with Gasteiger partial charge in [-0.2, -0.15) is 4.68 Å². The maximum atomic E-state index is 5.67. The van der Waals surface area contributed by atoms with Crippen LogP contribution in [-0.2, 0) is 0 Å². The molecule has 8 nitrogen and oxygen atoms in total. The lowest BCUT2D eigenvalue weighted by Crippen LogP contribution is -2.04. The summed E-state index contributed by atoms with van der Waals surface area (Å²) >= 11 is 1.41. The standard InChI is InChI=1S/C15H13N7OS/c1-10(13-17-20-21-22(13)11-6-3-2-4-7-11)24-15-19-18-14(23-15)12-8-5-9-16-12/h2-10,16H,1H3/t10-/m0/s1. The second-order valence-corrected chi connectivity index (χ2v) is 6.29. The summed E-state index contributed by atoms with van der Waals surface area (Å²) in [6.07, 6.45) is 1.81. The van der Waals surface area contributed by atoms with E-state index in [1.165, 1.54) is 11.8 Å². The number of hydrogen-bond donors (Lipinski definition) is 1. The fourth-order valence-electron chi connectivity index (χ4n) is 2.23. The zero-order valence-corrected chi connectivity index (χ0v) is 13.5. The summed E-state index contributed by atoms with van der Waals surface area (Å²) in [5, 5.41) is 20.5. The fourth-order valence-corrected chi connectivity index (χ4v) is 3.00. The molecule has 9 heteroatoms. The van der Waals surface area contributed by atoms with Gasteiger partial charge >= 0.3 is 0 Å². The number of tetrazole rings is 1. The molecular weight excluding hydrogens is 326 g/mol. The van der Waals surface area contributed by atoms with Gasteiger partial charge < -0.3 is 9.40 Å². The summed E-state index contributed by atoms with van der Waals surface area (Å²) in [5.74, 6) is 1.17. The Labute approximate surface area is 141 Å². The van der Waals surface area contributed by atoms with Crippen molar-refractivity contribution in [1.29, 1.82) is 0 Å². The largest absolute Gasteiger partial charge is 0.410 e. The number of benzene rings is 1. The second kappa shape index (κ2) is 6.28. The molecule has 0 aliphatic rings. The van der Waals surface area contributed by atoms with Gasteiger partial charge in [0.15, 0.2) is 5.82 Å². The summed E-state index contributed by atoms with van der Waals surface area (Å²) < 4.78 is 7.38. The molecule has 4 aromatic rings. The number of rotatable bonds is 5. The second-order valence-electron chi connectivity index (χ2n) is 5.00. The van der Waals surface area contributed by atoms with E-state index in [2.05, 4.69) is 30.7 Å². The van der Waals surface area contributed by atoms with Crippen molar-refractivity contribution in [2.75, 3.05) is 0 Å². The Kier molecular flexibility index (Phi) is 3.83. The average molecular weight is 339 g/mol. The number of nitrogens with one attached hydrogen (secondary N) is 1. The van der Waals surface area contributed by atoms with Gasteiger partial charge in [0, 0.05) is 6.20 Å². The topological polar surface area (TPSA) is 98.3 Å². The minimum absolute atomic E-state index is 0.0582. The molecule has 0 amide bonds. The van der Waals surface area contributed by atoms with Crippen LogP contribution in [0.2, 0.25) is 0 Å². The van der Waals surface area contributed by atoms with Crippen molar-refractivity contribution < 1.29 is 4.42 Å². The summed E-state index contributed by atoms with van der Waals surface area (Å²) in [6.45, 7) is 1.99. The Bertz CT molecular complexity index is 916. The molecule has 0 aliphatic carbocycles. The first-order valence-electron chi connectivity index (χ1n) is 7.29. The number of thioether (sulfide) groups is 1. The van der Waals surface area contributed by atoms with Crippen LogP contribution in [0, 0.1) is 0 Å². The van der Waals surface area contributed by atoms with Gasteiger partial charge in [0.2, 0.25) is 0 Å². The van der Waals surface area contributed by atoms with E-state index in [9.17, 15) is 0 Å². The molecule has 0 fully saturated rings. The zero-order valence-electron chi connectivity index (χ0n) is 12.7. The monoisotopic (exact) mass is 339 g/mol.